The van der Waals surface area contributed by atoms with Crippen molar-refractivity contribution < 1.29 is 14.0 Å². The summed E-state index contributed by atoms with van der Waals surface area (Å²) >= 11 is 0. The topological polar surface area (TPSA) is 104 Å². The third-order valence-electron chi connectivity index (χ3n) is 5.96. The molecule has 0 bridgehead atoms. The number of benzene rings is 2. The lowest BCUT2D eigenvalue weighted by atomic mass is 10.2. The Labute approximate surface area is 204 Å². The summed E-state index contributed by atoms with van der Waals surface area (Å²) in [5.41, 5.74) is 3.29. The largest absolute Gasteiger partial charge is 0.494 e. The molecule has 1 aliphatic rings. The van der Waals surface area contributed by atoms with Crippen molar-refractivity contribution in [3.63, 3.8) is 0 Å². The molecule has 3 heterocycles. The minimum atomic E-state index is -2.49. The molecule has 182 valence electrons. The van der Waals surface area contributed by atoms with Gasteiger partial charge in [0.25, 0.3) is 0 Å². The lowest BCUT2D eigenvalue weighted by Crippen LogP contribution is -2.36. The SMILES string of the molecule is COc1cc(N2CCOCC2)ccc1Nc1nc(Nc2ccccc2P(C)(C)=O)c2cc[nH]c2n1. The van der Waals surface area contributed by atoms with E-state index in [0.717, 1.165) is 54.1 Å². The number of morpholine rings is 1. The average Bonchev–Trinajstić information content (AvgIpc) is 3.33. The molecule has 0 aliphatic carbocycles. The summed E-state index contributed by atoms with van der Waals surface area (Å²) < 4.78 is 24.0. The number of aromatic amines is 1. The Balaban J connectivity index is 1.47. The summed E-state index contributed by atoms with van der Waals surface area (Å²) in [6.45, 7) is 6.66. The van der Waals surface area contributed by atoms with Crippen LogP contribution in [-0.2, 0) is 9.30 Å². The van der Waals surface area contributed by atoms with E-state index in [1.807, 2.05) is 48.7 Å². The van der Waals surface area contributed by atoms with Crippen LogP contribution in [0, 0.1) is 0 Å². The van der Waals surface area contributed by atoms with Crippen LogP contribution in [0.15, 0.2) is 54.7 Å². The van der Waals surface area contributed by atoms with Crippen molar-refractivity contribution in [3.8, 4) is 5.75 Å². The third kappa shape index (κ3) is 4.97. The lowest BCUT2D eigenvalue weighted by molar-refractivity contribution is 0.122. The second kappa shape index (κ2) is 9.60. The van der Waals surface area contributed by atoms with Crippen LogP contribution in [0.25, 0.3) is 11.0 Å². The number of nitrogens with one attached hydrogen (secondary N) is 3. The fourth-order valence-electron chi connectivity index (χ4n) is 4.19. The zero-order valence-electron chi connectivity index (χ0n) is 20.0. The van der Waals surface area contributed by atoms with Gasteiger partial charge >= 0.3 is 0 Å². The summed E-state index contributed by atoms with van der Waals surface area (Å²) in [5, 5.41) is 8.29. The molecule has 0 atom stereocenters. The van der Waals surface area contributed by atoms with Gasteiger partial charge in [-0.15, -0.1) is 0 Å². The van der Waals surface area contributed by atoms with Crippen LogP contribution in [0.5, 0.6) is 5.75 Å². The normalized spacial score (nSPS) is 14.2. The van der Waals surface area contributed by atoms with E-state index in [9.17, 15) is 4.57 Å². The molecule has 0 radical (unpaired) electrons. The number of methoxy groups -OCH3 is 1. The predicted octanol–water partition coefficient (Wildman–Crippen LogP) is 4.54. The molecular formula is C25H29N6O3P. The summed E-state index contributed by atoms with van der Waals surface area (Å²) in [7, 11) is -0.841. The van der Waals surface area contributed by atoms with Crippen molar-refractivity contribution in [1.29, 1.82) is 0 Å². The van der Waals surface area contributed by atoms with E-state index in [-0.39, 0.29) is 0 Å². The maximum Gasteiger partial charge on any atom is 0.231 e. The number of hydrogen-bond acceptors (Lipinski definition) is 8. The van der Waals surface area contributed by atoms with Crippen LogP contribution in [0.1, 0.15) is 0 Å². The molecule has 0 saturated carbocycles. The maximum atomic E-state index is 12.8. The molecule has 3 N–H and O–H groups in total. The van der Waals surface area contributed by atoms with Crippen molar-refractivity contribution >= 4 is 52.3 Å². The highest BCUT2D eigenvalue weighted by Crippen LogP contribution is 2.39. The Morgan fingerprint density at radius 3 is 2.60 bits per heavy atom. The van der Waals surface area contributed by atoms with Gasteiger partial charge in [0.2, 0.25) is 5.95 Å². The van der Waals surface area contributed by atoms with Crippen LogP contribution in [0.2, 0.25) is 0 Å². The standard InChI is InChI=1S/C25H29N6O3P/c1-33-21-16-17(31-12-14-34-15-13-31)8-9-19(21)28-25-29-23-18(10-11-26-23)24(30-25)27-20-6-4-5-7-22(20)35(2,3)32/h4-11,16H,12-15H2,1-3H3,(H3,26,27,28,29,30). The average molecular weight is 493 g/mol. The fraction of sp³-hybridized carbons (Fsp3) is 0.280. The van der Waals surface area contributed by atoms with Crippen molar-refractivity contribution in [2.45, 2.75) is 0 Å². The summed E-state index contributed by atoms with van der Waals surface area (Å²) in [6.07, 6.45) is 1.82. The van der Waals surface area contributed by atoms with Gasteiger partial charge in [0.15, 0.2) is 0 Å². The quantitative estimate of drug-likeness (QED) is 0.323. The maximum absolute atomic E-state index is 12.8. The molecule has 5 rings (SSSR count). The first-order valence-electron chi connectivity index (χ1n) is 11.5. The van der Waals surface area contributed by atoms with Crippen LogP contribution < -0.4 is 25.6 Å². The van der Waals surface area contributed by atoms with Crippen molar-refractivity contribution in [3.05, 3.63) is 54.7 Å². The fourth-order valence-corrected chi connectivity index (χ4v) is 5.35. The van der Waals surface area contributed by atoms with Gasteiger partial charge in [-0.1, -0.05) is 12.1 Å². The molecular weight excluding hydrogens is 463 g/mol. The van der Waals surface area contributed by atoms with E-state index >= 15 is 0 Å². The predicted molar refractivity (Wildman–Crippen MR) is 142 cm³/mol. The number of rotatable bonds is 7. The second-order valence-corrected chi connectivity index (χ2v) is 11.9. The number of ether oxygens (including phenoxy) is 2. The summed E-state index contributed by atoms with van der Waals surface area (Å²) in [6, 6.07) is 15.6. The lowest BCUT2D eigenvalue weighted by Gasteiger charge is -2.29. The monoisotopic (exact) mass is 492 g/mol. The van der Waals surface area contributed by atoms with Gasteiger partial charge in [0, 0.05) is 36.3 Å². The summed E-state index contributed by atoms with van der Waals surface area (Å²) in [5.74, 6) is 1.72. The highest BCUT2D eigenvalue weighted by molar-refractivity contribution is 7.70. The Kier molecular flexibility index (Phi) is 6.36. The van der Waals surface area contributed by atoms with Gasteiger partial charge in [0.05, 0.1) is 37.1 Å². The first-order valence-corrected chi connectivity index (χ1v) is 14.1. The number of aromatic nitrogens is 3. The Bertz CT molecular complexity index is 1390. The van der Waals surface area contributed by atoms with E-state index in [1.54, 1.807) is 20.4 Å². The highest BCUT2D eigenvalue weighted by Gasteiger charge is 2.18. The molecule has 1 fully saturated rings. The van der Waals surface area contributed by atoms with Crippen molar-refractivity contribution in [2.75, 3.05) is 62.3 Å². The van der Waals surface area contributed by atoms with E-state index in [0.29, 0.717) is 23.2 Å². The number of anilines is 5. The number of hydrogen-bond donors (Lipinski definition) is 3. The smallest absolute Gasteiger partial charge is 0.231 e. The van der Waals surface area contributed by atoms with Crippen molar-refractivity contribution in [2.24, 2.45) is 0 Å². The van der Waals surface area contributed by atoms with E-state index < -0.39 is 7.14 Å². The Hall–Kier alpha value is -3.55. The van der Waals surface area contributed by atoms with Gasteiger partial charge in [-0.05, 0) is 43.7 Å². The number of para-hydroxylation sites is 1. The highest BCUT2D eigenvalue weighted by atomic mass is 31.2. The number of H-pyrrole nitrogens is 1. The molecule has 0 spiro atoms. The molecule has 0 unspecified atom stereocenters. The van der Waals surface area contributed by atoms with E-state index in [4.69, 9.17) is 14.5 Å². The molecule has 35 heavy (non-hydrogen) atoms. The first kappa shape index (κ1) is 23.2. The minimum Gasteiger partial charge on any atom is -0.494 e. The third-order valence-corrected chi connectivity index (χ3v) is 7.51. The van der Waals surface area contributed by atoms with Crippen LogP contribution in [0.3, 0.4) is 0 Å². The zero-order chi connectivity index (χ0) is 24.4. The second-order valence-electron chi connectivity index (χ2n) is 8.74. The van der Waals surface area contributed by atoms with E-state index in [1.165, 1.54) is 0 Å². The van der Waals surface area contributed by atoms with Crippen LogP contribution in [0.4, 0.5) is 28.8 Å². The van der Waals surface area contributed by atoms with Gasteiger partial charge in [-0.25, -0.2) is 0 Å². The Morgan fingerprint density at radius 2 is 1.83 bits per heavy atom. The Morgan fingerprint density at radius 1 is 1.03 bits per heavy atom. The van der Waals surface area contributed by atoms with Crippen LogP contribution in [-0.4, -0.2) is 61.7 Å². The minimum absolute atomic E-state index is 0.411. The first-order chi connectivity index (χ1) is 16.9. The molecule has 1 saturated heterocycles. The molecule has 4 aromatic rings. The molecule has 2 aromatic heterocycles. The van der Waals surface area contributed by atoms with Crippen LogP contribution >= 0.6 is 7.14 Å². The molecule has 10 heteroatoms. The van der Waals surface area contributed by atoms with Crippen molar-refractivity contribution in [1.82, 2.24) is 15.0 Å². The van der Waals surface area contributed by atoms with Gasteiger partial charge in [0.1, 0.15) is 24.4 Å². The molecule has 2 aromatic carbocycles. The number of fused-ring (bicyclic) bond motifs is 1. The zero-order valence-corrected chi connectivity index (χ0v) is 20.9. The van der Waals surface area contributed by atoms with E-state index in [2.05, 4.69) is 31.6 Å². The molecule has 1 aliphatic heterocycles. The summed E-state index contributed by atoms with van der Waals surface area (Å²) in [4.78, 5) is 14.8. The molecule has 0 amide bonds. The van der Waals surface area contributed by atoms with Gasteiger partial charge in [-0.2, -0.15) is 9.97 Å². The van der Waals surface area contributed by atoms with Gasteiger partial charge < -0.3 is 34.6 Å². The molecule has 9 nitrogen and oxygen atoms in total. The number of nitrogens with zero attached hydrogens (tertiary/aromatic N) is 3. The van der Waals surface area contributed by atoms with Gasteiger partial charge in [-0.3, -0.25) is 0 Å².